The Balaban J connectivity index is 5.73. The lowest BCUT2D eigenvalue weighted by atomic mass is 10.5. The second kappa shape index (κ2) is 9.16. The van der Waals surface area contributed by atoms with E-state index in [2.05, 4.69) is 80.6 Å². The van der Waals surface area contributed by atoms with Crippen LogP contribution in [0.25, 0.3) is 0 Å². The number of nitrogens with zero attached hydrogens (tertiary/aromatic N) is 2. The predicted octanol–water partition coefficient (Wildman–Crippen LogP) is 3.42. The summed E-state index contributed by atoms with van der Waals surface area (Å²) in [6.07, 6.45) is 0. The van der Waals surface area contributed by atoms with Gasteiger partial charge in [0.25, 0.3) is 0 Å². The van der Waals surface area contributed by atoms with Crippen LogP contribution in [0, 0.1) is 0 Å². The SMILES string of the molecule is C=C[Si](C(=C)N(CC)CC)[Si](C=C)(C=C)N(CC)CC. The van der Waals surface area contributed by atoms with E-state index in [0.717, 1.165) is 26.2 Å². The quantitative estimate of drug-likeness (QED) is 0.540. The van der Waals surface area contributed by atoms with E-state index in [0.29, 0.717) is 0 Å². The van der Waals surface area contributed by atoms with Gasteiger partial charge in [0.1, 0.15) is 0 Å². The van der Waals surface area contributed by atoms with Crippen LogP contribution < -0.4 is 0 Å². The molecule has 0 aliphatic carbocycles. The maximum absolute atomic E-state index is 4.39. The van der Waals surface area contributed by atoms with Gasteiger partial charge in [-0.3, -0.25) is 0 Å². The van der Waals surface area contributed by atoms with Gasteiger partial charge in [-0.25, -0.2) is 0 Å². The first kappa shape index (κ1) is 19.2. The molecule has 0 aromatic carbocycles. The zero-order valence-corrected chi connectivity index (χ0v) is 15.8. The lowest BCUT2D eigenvalue weighted by Crippen LogP contribution is -2.63. The molecular formula is C16H31N2Si2. The standard InChI is InChI=1S/C16H31N2Si2/c1-9-17(10-2)16(8)19(13-5)20(14-6,15-7)18(11-3)12-4/h13-15H,5-12H2,1-4H3. The maximum Gasteiger partial charge on any atom is 0.174 e. The molecule has 0 N–H and O–H groups in total. The molecule has 0 aromatic heterocycles. The number of hydrogen-bond donors (Lipinski definition) is 0. The molecule has 2 nitrogen and oxygen atoms in total. The van der Waals surface area contributed by atoms with E-state index >= 15 is 0 Å². The molecular weight excluding hydrogens is 276 g/mol. The third-order valence-electron chi connectivity index (χ3n) is 4.00. The molecule has 0 rings (SSSR count). The highest BCUT2D eigenvalue weighted by Gasteiger charge is 2.43. The average molecular weight is 308 g/mol. The Hall–Kier alpha value is -0.846. The van der Waals surface area contributed by atoms with E-state index in [1.165, 1.54) is 5.32 Å². The number of hydrogen-bond acceptors (Lipinski definition) is 2. The lowest BCUT2D eigenvalue weighted by Gasteiger charge is -2.43. The largest absolute Gasteiger partial charge is 0.380 e. The molecule has 0 unspecified atom stereocenters. The summed E-state index contributed by atoms with van der Waals surface area (Å²) in [6, 6.07) is 0. The van der Waals surface area contributed by atoms with Crippen molar-refractivity contribution < 1.29 is 0 Å². The van der Waals surface area contributed by atoms with Crippen molar-refractivity contribution in [3.8, 4) is 0 Å². The topological polar surface area (TPSA) is 6.48 Å². The van der Waals surface area contributed by atoms with Crippen LogP contribution in [-0.4, -0.2) is 51.7 Å². The van der Waals surface area contributed by atoms with Gasteiger partial charge in [0.05, 0.1) is 0 Å². The van der Waals surface area contributed by atoms with Crippen LogP contribution in [-0.2, 0) is 0 Å². The van der Waals surface area contributed by atoms with Gasteiger partial charge in [0.2, 0.25) is 0 Å². The highest BCUT2D eigenvalue weighted by atomic mass is 29.2. The maximum atomic E-state index is 4.39. The van der Waals surface area contributed by atoms with Gasteiger partial charge in [-0.15, -0.1) is 19.7 Å². The van der Waals surface area contributed by atoms with Crippen molar-refractivity contribution in [1.82, 2.24) is 9.47 Å². The Morgan fingerprint density at radius 2 is 1.40 bits per heavy atom. The highest BCUT2D eigenvalue weighted by Crippen LogP contribution is 2.23. The van der Waals surface area contributed by atoms with Gasteiger partial charge in [0, 0.05) is 13.1 Å². The van der Waals surface area contributed by atoms with Crippen molar-refractivity contribution in [2.45, 2.75) is 27.7 Å². The fourth-order valence-corrected chi connectivity index (χ4v) is 13.1. The summed E-state index contributed by atoms with van der Waals surface area (Å²) in [5.74, 6) is 0. The van der Waals surface area contributed by atoms with Crippen LogP contribution in [0.3, 0.4) is 0 Å². The van der Waals surface area contributed by atoms with E-state index in [9.17, 15) is 0 Å². The molecule has 0 heterocycles. The number of rotatable bonds is 11. The summed E-state index contributed by atoms with van der Waals surface area (Å²) in [4.78, 5) is 2.36. The molecule has 113 valence electrons. The van der Waals surface area contributed by atoms with E-state index < -0.39 is 16.1 Å². The van der Waals surface area contributed by atoms with E-state index in [4.69, 9.17) is 0 Å². The molecule has 0 atom stereocenters. The van der Waals surface area contributed by atoms with Gasteiger partial charge >= 0.3 is 0 Å². The molecule has 4 heteroatoms. The summed E-state index contributed by atoms with van der Waals surface area (Å²) in [5, 5.41) is 1.24. The molecule has 0 bridgehead atoms. The molecule has 0 spiro atoms. The van der Waals surface area contributed by atoms with Crippen LogP contribution in [0.1, 0.15) is 27.7 Å². The molecule has 20 heavy (non-hydrogen) atoms. The molecule has 0 amide bonds. The van der Waals surface area contributed by atoms with Crippen LogP contribution in [0.2, 0.25) is 0 Å². The first-order valence-electron chi connectivity index (χ1n) is 7.48. The average Bonchev–Trinajstić information content (AvgIpc) is 2.48. The van der Waals surface area contributed by atoms with Crippen molar-refractivity contribution in [2.75, 3.05) is 26.2 Å². The molecule has 0 fully saturated rings. The summed E-state index contributed by atoms with van der Waals surface area (Å²) in [7, 11) is -2.94. The van der Waals surface area contributed by atoms with E-state index in [-0.39, 0.29) is 0 Å². The Morgan fingerprint density at radius 3 is 1.65 bits per heavy atom. The fourth-order valence-electron chi connectivity index (χ4n) is 2.77. The molecule has 0 aliphatic heterocycles. The van der Waals surface area contributed by atoms with Crippen molar-refractivity contribution in [2.24, 2.45) is 0 Å². The zero-order chi connectivity index (χ0) is 15.8. The third-order valence-corrected chi connectivity index (χ3v) is 15.4. The molecule has 0 saturated carbocycles. The first-order valence-corrected chi connectivity index (χ1v) is 12.2. The fraction of sp³-hybridized carbons (Fsp3) is 0.500. The second-order valence-corrected chi connectivity index (χ2v) is 13.6. The Morgan fingerprint density at radius 1 is 0.950 bits per heavy atom. The second-order valence-electron chi connectivity index (χ2n) is 4.64. The predicted molar refractivity (Wildman–Crippen MR) is 97.1 cm³/mol. The van der Waals surface area contributed by atoms with Crippen LogP contribution >= 0.6 is 0 Å². The van der Waals surface area contributed by atoms with E-state index in [1.54, 1.807) is 0 Å². The van der Waals surface area contributed by atoms with Gasteiger partial charge < -0.3 is 9.47 Å². The first-order chi connectivity index (χ1) is 9.52. The van der Waals surface area contributed by atoms with Crippen LogP contribution in [0.15, 0.2) is 48.7 Å². The molecule has 0 aromatic rings. The summed E-state index contributed by atoms with van der Waals surface area (Å²) < 4.78 is 2.54. The monoisotopic (exact) mass is 307 g/mol. The van der Waals surface area contributed by atoms with Gasteiger partial charge in [-0.2, -0.15) is 0 Å². The summed E-state index contributed by atoms with van der Waals surface area (Å²) >= 11 is 0. The minimum Gasteiger partial charge on any atom is -0.380 e. The van der Waals surface area contributed by atoms with Crippen LogP contribution in [0.4, 0.5) is 0 Å². The molecule has 1 radical (unpaired) electrons. The van der Waals surface area contributed by atoms with Gasteiger partial charge in [0.15, 0.2) is 16.1 Å². The minimum atomic E-state index is -1.96. The Bertz CT molecular complexity index is 336. The summed E-state index contributed by atoms with van der Waals surface area (Å²) in [6.45, 7) is 29.6. The smallest absolute Gasteiger partial charge is 0.174 e. The molecule has 0 saturated heterocycles. The van der Waals surface area contributed by atoms with Crippen molar-refractivity contribution in [3.63, 3.8) is 0 Å². The van der Waals surface area contributed by atoms with Crippen molar-refractivity contribution in [3.05, 3.63) is 48.7 Å². The minimum absolute atomic E-state index is 0.983. The Labute approximate surface area is 128 Å². The van der Waals surface area contributed by atoms with E-state index in [1.807, 2.05) is 0 Å². The van der Waals surface area contributed by atoms with Crippen LogP contribution in [0.5, 0.6) is 0 Å². The third kappa shape index (κ3) is 3.62. The highest BCUT2D eigenvalue weighted by molar-refractivity contribution is 7.40. The molecule has 0 aliphatic rings. The lowest BCUT2D eigenvalue weighted by molar-refractivity contribution is 0.405. The summed E-state index contributed by atoms with van der Waals surface area (Å²) in [5.41, 5.74) is 6.47. The zero-order valence-electron chi connectivity index (χ0n) is 13.8. The Kier molecular flexibility index (Phi) is 8.77. The van der Waals surface area contributed by atoms with Gasteiger partial charge in [-0.05, 0) is 32.3 Å². The normalized spacial score (nSPS) is 11.5. The van der Waals surface area contributed by atoms with Crippen molar-refractivity contribution >= 4 is 16.1 Å². The van der Waals surface area contributed by atoms with Crippen molar-refractivity contribution in [1.29, 1.82) is 0 Å². The van der Waals surface area contributed by atoms with Gasteiger partial charge in [-0.1, -0.05) is 37.5 Å².